The number of carboxylic acid groups (broad SMARTS) is 1. The van der Waals surface area contributed by atoms with E-state index in [1.807, 2.05) is 45.2 Å². The summed E-state index contributed by atoms with van der Waals surface area (Å²) in [6.45, 7) is 0. The van der Waals surface area contributed by atoms with Crippen molar-refractivity contribution in [3.05, 3.63) is 71.5 Å². The zero-order valence-electron chi connectivity index (χ0n) is 13.5. The van der Waals surface area contributed by atoms with Crippen molar-refractivity contribution in [2.24, 2.45) is 0 Å². The Morgan fingerprint density at radius 1 is 0.963 bits per heavy atom. The molecule has 1 aliphatic carbocycles. The van der Waals surface area contributed by atoms with Crippen molar-refractivity contribution < 1.29 is 19.4 Å². The summed E-state index contributed by atoms with van der Waals surface area (Å²) >= 11 is 3.82. The lowest BCUT2D eigenvalue weighted by molar-refractivity contribution is -0.269. The van der Waals surface area contributed by atoms with Crippen molar-refractivity contribution in [1.29, 1.82) is 0 Å². The maximum Gasteiger partial charge on any atom is 0.336 e. The van der Waals surface area contributed by atoms with E-state index in [1.54, 1.807) is 30.3 Å². The predicted molar refractivity (Wildman–Crippen MR) is 116 cm³/mol. The van der Waals surface area contributed by atoms with Gasteiger partial charge in [0.1, 0.15) is 9.15 Å². The first-order valence-corrected chi connectivity index (χ1v) is 9.93. The summed E-state index contributed by atoms with van der Waals surface area (Å²) in [6, 6.07) is 12.8. The summed E-state index contributed by atoms with van der Waals surface area (Å²) in [5, 5.41) is 22.4. The average molecular weight is 583 g/mol. The third-order valence-corrected chi connectivity index (χ3v) is 6.34. The van der Waals surface area contributed by atoms with E-state index < -0.39 is 5.97 Å². The lowest BCUT2D eigenvalue weighted by Crippen LogP contribution is -2.08. The number of hydrogen-bond donors (Lipinski definition) is 1. The molecular formula is C20H9I2O5-. The highest BCUT2D eigenvalue weighted by Gasteiger charge is 2.24. The van der Waals surface area contributed by atoms with Gasteiger partial charge in [0.05, 0.1) is 5.56 Å². The molecule has 0 bridgehead atoms. The average Bonchev–Trinajstić information content (AvgIpc) is 2.66. The number of carboxylic acids is 1. The minimum Gasteiger partial charge on any atom is -0.872 e. The van der Waals surface area contributed by atoms with Gasteiger partial charge in [-0.05, 0) is 68.9 Å². The van der Waals surface area contributed by atoms with Gasteiger partial charge in [-0.2, -0.15) is 0 Å². The quantitative estimate of drug-likeness (QED) is 0.277. The summed E-state index contributed by atoms with van der Waals surface area (Å²) in [4.78, 5) is 23.9. The van der Waals surface area contributed by atoms with Gasteiger partial charge in [-0.1, -0.05) is 36.1 Å². The minimum absolute atomic E-state index is 0.133. The molecule has 0 amide bonds. The smallest absolute Gasteiger partial charge is 0.336 e. The fraction of sp³-hybridized carbons (Fsp3) is 0. The highest BCUT2D eigenvalue weighted by Crippen LogP contribution is 2.44. The van der Waals surface area contributed by atoms with Crippen molar-refractivity contribution in [2.75, 3.05) is 0 Å². The van der Waals surface area contributed by atoms with Gasteiger partial charge in [0, 0.05) is 20.1 Å². The Morgan fingerprint density at radius 3 is 2.44 bits per heavy atom. The highest BCUT2D eigenvalue weighted by atomic mass is 127. The number of rotatable bonds is 2. The van der Waals surface area contributed by atoms with E-state index in [9.17, 15) is 19.8 Å². The van der Waals surface area contributed by atoms with Crippen LogP contribution in [0.25, 0.3) is 33.4 Å². The van der Waals surface area contributed by atoms with Crippen LogP contribution in [-0.2, 0) is 0 Å². The third kappa shape index (κ3) is 2.89. The Kier molecular flexibility index (Phi) is 4.58. The van der Waals surface area contributed by atoms with Gasteiger partial charge in [0.25, 0.3) is 0 Å². The van der Waals surface area contributed by atoms with Crippen LogP contribution in [0.2, 0.25) is 0 Å². The second kappa shape index (κ2) is 6.79. The largest absolute Gasteiger partial charge is 0.872 e. The summed E-state index contributed by atoms with van der Waals surface area (Å²) in [5.41, 5.74) is 2.02. The molecule has 5 nitrogen and oxygen atoms in total. The zero-order valence-corrected chi connectivity index (χ0v) is 17.8. The van der Waals surface area contributed by atoms with Crippen LogP contribution in [0.15, 0.2) is 57.7 Å². The summed E-state index contributed by atoms with van der Waals surface area (Å²) in [7, 11) is 0. The first-order valence-electron chi connectivity index (χ1n) is 7.77. The van der Waals surface area contributed by atoms with Gasteiger partial charge < -0.3 is 14.6 Å². The number of benzene rings is 3. The van der Waals surface area contributed by atoms with E-state index in [-0.39, 0.29) is 16.7 Å². The normalized spacial score (nSPS) is 11.2. The molecular weight excluding hydrogens is 574 g/mol. The lowest BCUT2D eigenvalue weighted by Gasteiger charge is -2.20. The molecule has 0 aromatic heterocycles. The maximum atomic E-state index is 12.1. The number of fused-ring (bicyclic) bond motifs is 2. The van der Waals surface area contributed by atoms with E-state index >= 15 is 0 Å². The van der Waals surface area contributed by atoms with Crippen LogP contribution in [0.4, 0.5) is 0 Å². The van der Waals surface area contributed by atoms with Gasteiger partial charge in [-0.25, -0.2) is 4.79 Å². The number of hydrogen-bond acceptors (Lipinski definition) is 4. The topological polar surface area (TPSA) is 90.6 Å². The van der Waals surface area contributed by atoms with Crippen LogP contribution in [0.1, 0.15) is 10.4 Å². The molecule has 7 heteroatoms. The molecule has 0 fully saturated rings. The molecule has 0 saturated carbocycles. The first kappa shape index (κ1) is 18.2. The molecule has 2 aromatic rings. The molecule has 1 aliphatic heterocycles. The highest BCUT2D eigenvalue weighted by molar-refractivity contribution is 14.1. The molecule has 0 radical (unpaired) electrons. The first-order chi connectivity index (χ1) is 12.9. The molecule has 1 N–H and O–H groups in total. The van der Waals surface area contributed by atoms with Crippen LogP contribution in [0.3, 0.4) is 0 Å². The second-order valence-corrected chi connectivity index (χ2v) is 7.99. The van der Waals surface area contributed by atoms with Crippen LogP contribution in [0, 0.1) is 7.14 Å². The van der Waals surface area contributed by atoms with Gasteiger partial charge in [-0.3, -0.25) is 4.79 Å². The van der Waals surface area contributed by atoms with E-state index in [0.29, 0.717) is 40.6 Å². The Labute approximate surface area is 180 Å². The summed E-state index contributed by atoms with van der Waals surface area (Å²) in [6.07, 6.45) is 0. The van der Waals surface area contributed by atoms with Crippen LogP contribution >= 0.6 is 45.2 Å². The SMILES string of the molecule is O=C(O)c1ccccc1-c1c2ccc(=O)c(I)c-2oc2c(I)c([O-])ccc12. The summed E-state index contributed by atoms with van der Waals surface area (Å²) < 4.78 is 6.73. The monoisotopic (exact) mass is 583 g/mol. The summed E-state index contributed by atoms with van der Waals surface area (Å²) in [5.74, 6) is -0.913. The van der Waals surface area contributed by atoms with Crippen molar-refractivity contribution >= 4 is 62.1 Å². The van der Waals surface area contributed by atoms with E-state index in [4.69, 9.17) is 4.42 Å². The Balaban J connectivity index is 2.29. The van der Waals surface area contributed by atoms with Gasteiger partial charge in [-0.15, -0.1) is 0 Å². The molecule has 134 valence electrons. The van der Waals surface area contributed by atoms with Crippen LogP contribution in [0.5, 0.6) is 5.75 Å². The van der Waals surface area contributed by atoms with E-state index in [2.05, 4.69) is 0 Å². The molecule has 2 aliphatic rings. The van der Waals surface area contributed by atoms with Crippen molar-refractivity contribution in [3.63, 3.8) is 0 Å². The van der Waals surface area contributed by atoms with Gasteiger partial charge in [0.2, 0.25) is 0 Å². The standard InChI is InChI=1S/C20H10I2O5/c21-16-13(23)7-5-11-15(9-3-1-2-4-10(9)20(25)26)12-6-8-14(24)17(22)19(12)27-18(11)16/h1-8,23H,(H,25,26)/p-1. The molecule has 1 heterocycles. The van der Waals surface area contributed by atoms with Gasteiger partial charge in [0.15, 0.2) is 11.2 Å². The molecule has 4 rings (SSSR count). The Bertz CT molecular complexity index is 1260. The van der Waals surface area contributed by atoms with Crippen molar-refractivity contribution in [1.82, 2.24) is 0 Å². The van der Waals surface area contributed by atoms with Gasteiger partial charge >= 0.3 is 5.97 Å². The zero-order chi connectivity index (χ0) is 19.3. The fourth-order valence-electron chi connectivity index (χ4n) is 3.09. The predicted octanol–water partition coefficient (Wildman–Crippen LogP) is 4.55. The number of aromatic carboxylic acids is 1. The minimum atomic E-state index is -1.06. The maximum absolute atomic E-state index is 12.1. The van der Waals surface area contributed by atoms with Crippen LogP contribution < -0.4 is 10.5 Å². The van der Waals surface area contributed by atoms with E-state index in [0.717, 1.165) is 0 Å². The fourth-order valence-corrected chi connectivity index (χ4v) is 4.26. The molecule has 27 heavy (non-hydrogen) atoms. The molecule has 0 atom stereocenters. The Hall–Kier alpha value is -2.14. The third-order valence-electron chi connectivity index (χ3n) is 4.29. The number of carbonyl (C=O) groups is 1. The second-order valence-electron chi connectivity index (χ2n) is 5.84. The number of halogens is 2. The Morgan fingerprint density at radius 2 is 1.70 bits per heavy atom. The molecule has 0 unspecified atom stereocenters. The van der Waals surface area contributed by atoms with Crippen molar-refractivity contribution in [2.45, 2.75) is 0 Å². The molecule has 2 aromatic carbocycles. The van der Waals surface area contributed by atoms with E-state index in [1.165, 1.54) is 18.2 Å². The molecule has 0 saturated heterocycles. The lowest BCUT2D eigenvalue weighted by atomic mass is 9.91. The molecule has 0 spiro atoms. The van der Waals surface area contributed by atoms with Crippen molar-refractivity contribution in [3.8, 4) is 28.2 Å². The van der Waals surface area contributed by atoms with Crippen LogP contribution in [-0.4, -0.2) is 11.1 Å².